The van der Waals surface area contributed by atoms with Crippen molar-refractivity contribution in [2.24, 2.45) is 11.8 Å². The molecule has 0 aromatic rings. The number of hydrogen-bond acceptors (Lipinski definition) is 2. The molecule has 2 aliphatic rings. The SMILES string of the molecule is CCC1CCC(C(=O)N2CCCNCC2)CC1. The van der Waals surface area contributed by atoms with Crippen LogP contribution >= 0.6 is 0 Å². The van der Waals surface area contributed by atoms with Crippen LogP contribution in [0, 0.1) is 11.8 Å². The summed E-state index contributed by atoms with van der Waals surface area (Å²) in [6, 6.07) is 0. The third kappa shape index (κ3) is 3.44. The number of rotatable bonds is 2. The zero-order valence-electron chi connectivity index (χ0n) is 11.1. The topological polar surface area (TPSA) is 32.3 Å². The normalized spacial score (nSPS) is 31.0. The Morgan fingerprint density at radius 2 is 1.94 bits per heavy atom. The molecule has 1 N–H and O–H groups in total. The van der Waals surface area contributed by atoms with Gasteiger partial charge in [0.05, 0.1) is 0 Å². The van der Waals surface area contributed by atoms with Crippen molar-refractivity contribution in [3.05, 3.63) is 0 Å². The van der Waals surface area contributed by atoms with Gasteiger partial charge in [0.25, 0.3) is 0 Å². The van der Waals surface area contributed by atoms with Gasteiger partial charge in [-0.2, -0.15) is 0 Å². The van der Waals surface area contributed by atoms with Crippen molar-refractivity contribution in [1.82, 2.24) is 10.2 Å². The van der Waals surface area contributed by atoms with Crippen LogP contribution in [0.1, 0.15) is 45.4 Å². The summed E-state index contributed by atoms with van der Waals surface area (Å²) >= 11 is 0. The molecule has 1 aliphatic heterocycles. The molecule has 1 saturated carbocycles. The Labute approximate surface area is 105 Å². The van der Waals surface area contributed by atoms with Gasteiger partial charge in [-0.3, -0.25) is 4.79 Å². The largest absolute Gasteiger partial charge is 0.341 e. The Hall–Kier alpha value is -0.570. The lowest BCUT2D eigenvalue weighted by molar-refractivity contribution is -0.136. The molecule has 0 atom stereocenters. The van der Waals surface area contributed by atoms with Gasteiger partial charge < -0.3 is 10.2 Å². The van der Waals surface area contributed by atoms with Crippen molar-refractivity contribution in [2.45, 2.75) is 45.4 Å². The molecule has 0 unspecified atom stereocenters. The minimum atomic E-state index is 0.330. The van der Waals surface area contributed by atoms with Crippen LogP contribution in [0.3, 0.4) is 0 Å². The second-order valence-electron chi connectivity index (χ2n) is 5.55. The van der Waals surface area contributed by atoms with E-state index in [1.807, 2.05) is 0 Å². The van der Waals surface area contributed by atoms with Gasteiger partial charge in [0, 0.05) is 25.6 Å². The van der Waals surface area contributed by atoms with E-state index in [2.05, 4.69) is 17.1 Å². The molecule has 2 rings (SSSR count). The third-order valence-corrected chi connectivity index (χ3v) is 4.43. The number of amides is 1. The maximum atomic E-state index is 12.4. The van der Waals surface area contributed by atoms with Crippen LogP contribution in [0.4, 0.5) is 0 Å². The lowest BCUT2D eigenvalue weighted by Gasteiger charge is -2.31. The zero-order valence-corrected chi connectivity index (χ0v) is 11.1. The van der Waals surface area contributed by atoms with Crippen molar-refractivity contribution in [3.8, 4) is 0 Å². The van der Waals surface area contributed by atoms with Crippen molar-refractivity contribution >= 4 is 5.91 Å². The first-order chi connectivity index (χ1) is 8.31. The lowest BCUT2D eigenvalue weighted by Crippen LogP contribution is -2.39. The van der Waals surface area contributed by atoms with Crippen LogP contribution < -0.4 is 5.32 Å². The predicted molar refractivity (Wildman–Crippen MR) is 69.8 cm³/mol. The van der Waals surface area contributed by atoms with E-state index >= 15 is 0 Å². The molecule has 0 spiro atoms. The third-order valence-electron chi connectivity index (χ3n) is 4.43. The smallest absolute Gasteiger partial charge is 0.225 e. The van der Waals surface area contributed by atoms with Gasteiger partial charge in [-0.15, -0.1) is 0 Å². The fourth-order valence-electron chi connectivity index (χ4n) is 3.14. The molecule has 1 amide bonds. The Kier molecular flexibility index (Phi) is 4.84. The standard InChI is InChI=1S/C14H26N2O/c1-2-12-4-6-13(7-5-12)14(17)16-10-3-8-15-9-11-16/h12-13,15H,2-11H2,1H3. The highest BCUT2D eigenvalue weighted by Gasteiger charge is 2.28. The van der Waals surface area contributed by atoms with Gasteiger partial charge in [0.15, 0.2) is 0 Å². The monoisotopic (exact) mass is 238 g/mol. The van der Waals surface area contributed by atoms with Gasteiger partial charge in [0.2, 0.25) is 5.91 Å². The molecule has 0 aromatic heterocycles. The summed E-state index contributed by atoms with van der Waals surface area (Å²) < 4.78 is 0. The van der Waals surface area contributed by atoms with E-state index in [1.165, 1.54) is 19.3 Å². The first kappa shape index (κ1) is 12.9. The average Bonchev–Trinajstić information content (AvgIpc) is 2.67. The molecule has 3 nitrogen and oxygen atoms in total. The number of hydrogen-bond donors (Lipinski definition) is 1. The van der Waals surface area contributed by atoms with E-state index in [0.29, 0.717) is 11.8 Å². The summed E-state index contributed by atoms with van der Waals surface area (Å²) in [7, 11) is 0. The maximum Gasteiger partial charge on any atom is 0.225 e. The number of nitrogens with one attached hydrogen (secondary N) is 1. The van der Waals surface area contributed by atoms with Crippen molar-refractivity contribution in [2.75, 3.05) is 26.2 Å². The Morgan fingerprint density at radius 1 is 1.18 bits per heavy atom. The second-order valence-corrected chi connectivity index (χ2v) is 5.55. The van der Waals surface area contributed by atoms with Gasteiger partial charge >= 0.3 is 0 Å². The minimum absolute atomic E-state index is 0.330. The summed E-state index contributed by atoms with van der Waals surface area (Å²) in [5.41, 5.74) is 0. The second kappa shape index (κ2) is 6.39. The van der Waals surface area contributed by atoms with Crippen molar-refractivity contribution in [3.63, 3.8) is 0 Å². The Balaban J connectivity index is 1.82. The first-order valence-corrected chi connectivity index (χ1v) is 7.30. The van der Waals surface area contributed by atoms with E-state index in [4.69, 9.17) is 0 Å². The van der Waals surface area contributed by atoms with Gasteiger partial charge in [-0.05, 0) is 44.6 Å². The molecule has 1 aliphatic carbocycles. The fraction of sp³-hybridized carbons (Fsp3) is 0.929. The van der Waals surface area contributed by atoms with E-state index in [-0.39, 0.29) is 0 Å². The number of carbonyl (C=O) groups excluding carboxylic acids is 1. The number of carbonyl (C=O) groups is 1. The maximum absolute atomic E-state index is 12.4. The first-order valence-electron chi connectivity index (χ1n) is 7.30. The summed E-state index contributed by atoms with van der Waals surface area (Å²) in [6.45, 7) is 6.17. The van der Waals surface area contributed by atoms with Crippen LogP contribution in [0.5, 0.6) is 0 Å². The minimum Gasteiger partial charge on any atom is -0.341 e. The quantitative estimate of drug-likeness (QED) is 0.798. The summed E-state index contributed by atoms with van der Waals surface area (Å²) in [5.74, 6) is 1.64. The molecule has 0 aromatic carbocycles. The molecular formula is C14H26N2O. The zero-order chi connectivity index (χ0) is 12.1. The molecular weight excluding hydrogens is 212 g/mol. The highest BCUT2D eigenvalue weighted by molar-refractivity contribution is 5.79. The Morgan fingerprint density at radius 3 is 2.65 bits per heavy atom. The predicted octanol–water partition coefficient (Wildman–Crippen LogP) is 2.02. The van der Waals surface area contributed by atoms with Crippen molar-refractivity contribution in [1.29, 1.82) is 0 Å². The van der Waals surface area contributed by atoms with E-state index in [1.54, 1.807) is 0 Å². The van der Waals surface area contributed by atoms with Gasteiger partial charge in [-0.25, -0.2) is 0 Å². The van der Waals surface area contributed by atoms with Crippen molar-refractivity contribution < 1.29 is 4.79 Å². The van der Waals surface area contributed by atoms with Crippen LogP contribution in [0.25, 0.3) is 0 Å². The summed E-state index contributed by atoms with van der Waals surface area (Å²) in [4.78, 5) is 14.5. The van der Waals surface area contributed by atoms with Gasteiger partial charge in [0.1, 0.15) is 0 Å². The van der Waals surface area contributed by atoms with Crippen LogP contribution in [0.15, 0.2) is 0 Å². The van der Waals surface area contributed by atoms with E-state index in [0.717, 1.165) is 51.4 Å². The number of nitrogens with zero attached hydrogens (tertiary/aromatic N) is 1. The van der Waals surface area contributed by atoms with E-state index in [9.17, 15) is 4.79 Å². The van der Waals surface area contributed by atoms with Crippen LogP contribution in [-0.4, -0.2) is 37.0 Å². The fourth-order valence-corrected chi connectivity index (χ4v) is 3.14. The molecule has 1 saturated heterocycles. The molecule has 2 fully saturated rings. The van der Waals surface area contributed by atoms with Crippen LogP contribution in [-0.2, 0) is 4.79 Å². The molecule has 1 heterocycles. The molecule has 17 heavy (non-hydrogen) atoms. The van der Waals surface area contributed by atoms with Crippen LogP contribution in [0.2, 0.25) is 0 Å². The highest BCUT2D eigenvalue weighted by atomic mass is 16.2. The lowest BCUT2D eigenvalue weighted by atomic mass is 9.80. The van der Waals surface area contributed by atoms with E-state index < -0.39 is 0 Å². The highest BCUT2D eigenvalue weighted by Crippen LogP contribution is 2.31. The summed E-state index contributed by atoms with van der Waals surface area (Å²) in [5, 5.41) is 3.36. The molecule has 0 bridgehead atoms. The Bertz CT molecular complexity index is 239. The molecule has 3 heteroatoms. The van der Waals surface area contributed by atoms with Gasteiger partial charge in [-0.1, -0.05) is 13.3 Å². The molecule has 0 radical (unpaired) electrons. The molecule has 98 valence electrons. The summed E-state index contributed by atoms with van der Waals surface area (Å²) in [6.07, 6.45) is 7.17. The average molecular weight is 238 g/mol.